The molecule has 0 N–H and O–H groups in total. The molecule has 1 atom stereocenters. The molecule has 5 heteroatoms. The van der Waals surface area contributed by atoms with Gasteiger partial charge in [-0.15, -0.1) is 0 Å². The Morgan fingerprint density at radius 2 is 1.82 bits per heavy atom. The summed E-state index contributed by atoms with van der Waals surface area (Å²) >= 11 is 0. The highest BCUT2D eigenvalue weighted by Crippen LogP contribution is 2.20. The monoisotopic (exact) mass is 378 g/mol. The van der Waals surface area contributed by atoms with Crippen LogP contribution in [0.3, 0.4) is 0 Å². The largest absolute Gasteiger partial charge is 0.354 e. The first-order valence-electron chi connectivity index (χ1n) is 10.5. The van der Waals surface area contributed by atoms with Gasteiger partial charge < -0.3 is 9.80 Å². The lowest BCUT2D eigenvalue weighted by molar-refractivity contribution is 0.0682. The molecule has 2 aliphatic rings. The van der Waals surface area contributed by atoms with E-state index in [1.807, 2.05) is 17.0 Å². The van der Waals surface area contributed by atoms with Gasteiger partial charge in [0, 0.05) is 52.0 Å². The number of anilines is 1. The van der Waals surface area contributed by atoms with Crippen LogP contribution in [0.1, 0.15) is 35.7 Å². The Kier molecular flexibility index (Phi) is 5.91. The number of likely N-dealkylation sites (tertiary alicyclic amines) is 1. The molecule has 2 aliphatic heterocycles. The smallest absolute Gasteiger partial charge is 0.255 e. The summed E-state index contributed by atoms with van der Waals surface area (Å²) in [6.45, 7) is 8.96. The summed E-state index contributed by atoms with van der Waals surface area (Å²) in [5, 5.41) is 0. The Bertz CT molecular complexity index is 769. The minimum Gasteiger partial charge on any atom is -0.354 e. The lowest BCUT2D eigenvalue weighted by atomic mass is 10.00. The maximum atomic E-state index is 12.7. The number of hydrogen-bond donors (Lipinski definition) is 0. The number of carbonyl (C=O) groups excluding carboxylic acids is 1. The third-order valence-corrected chi connectivity index (χ3v) is 5.88. The van der Waals surface area contributed by atoms with Crippen molar-refractivity contribution in [2.24, 2.45) is 5.92 Å². The van der Waals surface area contributed by atoms with Crippen LogP contribution in [-0.4, -0.2) is 60.0 Å². The number of benzene rings is 1. The molecule has 148 valence electrons. The molecule has 1 aromatic heterocycles. The van der Waals surface area contributed by atoms with Crippen molar-refractivity contribution in [3.8, 4) is 0 Å². The Morgan fingerprint density at radius 3 is 2.50 bits per heavy atom. The van der Waals surface area contributed by atoms with Gasteiger partial charge in [0.1, 0.15) is 5.82 Å². The number of piperidine rings is 1. The lowest BCUT2D eigenvalue weighted by Crippen LogP contribution is -2.46. The predicted octanol–water partition coefficient (Wildman–Crippen LogP) is 3.28. The lowest BCUT2D eigenvalue weighted by Gasteiger charge is -2.35. The van der Waals surface area contributed by atoms with Crippen molar-refractivity contribution in [2.45, 2.75) is 26.3 Å². The van der Waals surface area contributed by atoms with Crippen LogP contribution in [0.15, 0.2) is 48.7 Å². The molecule has 0 aliphatic carbocycles. The molecular weight excluding hydrogens is 348 g/mol. The summed E-state index contributed by atoms with van der Waals surface area (Å²) in [5.41, 5.74) is 2.07. The third-order valence-electron chi connectivity index (χ3n) is 5.88. The molecule has 0 radical (unpaired) electrons. The fraction of sp³-hybridized carbons (Fsp3) is 0.478. The van der Waals surface area contributed by atoms with Crippen LogP contribution in [0.5, 0.6) is 0 Å². The minimum atomic E-state index is 0.123. The Balaban J connectivity index is 1.31. The van der Waals surface area contributed by atoms with Gasteiger partial charge in [-0.2, -0.15) is 0 Å². The van der Waals surface area contributed by atoms with E-state index in [1.54, 1.807) is 6.20 Å². The van der Waals surface area contributed by atoms with Crippen LogP contribution in [-0.2, 0) is 6.54 Å². The van der Waals surface area contributed by atoms with Crippen molar-refractivity contribution in [3.63, 3.8) is 0 Å². The molecule has 1 aromatic carbocycles. The normalized spacial score (nSPS) is 21.0. The highest BCUT2D eigenvalue weighted by atomic mass is 16.2. The predicted molar refractivity (Wildman–Crippen MR) is 112 cm³/mol. The summed E-state index contributed by atoms with van der Waals surface area (Å²) in [4.78, 5) is 24.1. The van der Waals surface area contributed by atoms with E-state index in [9.17, 15) is 4.79 Å². The maximum absolute atomic E-state index is 12.7. The fourth-order valence-corrected chi connectivity index (χ4v) is 4.23. The summed E-state index contributed by atoms with van der Waals surface area (Å²) in [6.07, 6.45) is 4.08. The van der Waals surface area contributed by atoms with Crippen molar-refractivity contribution >= 4 is 11.7 Å². The van der Waals surface area contributed by atoms with Crippen molar-refractivity contribution in [1.29, 1.82) is 0 Å². The highest BCUT2D eigenvalue weighted by Gasteiger charge is 2.23. The van der Waals surface area contributed by atoms with Crippen LogP contribution in [0.2, 0.25) is 0 Å². The van der Waals surface area contributed by atoms with E-state index in [-0.39, 0.29) is 5.91 Å². The number of piperazine rings is 1. The van der Waals surface area contributed by atoms with Crippen LogP contribution < -0.4 is 4.90 Å². The second-order valence-corrected chi connectivity index (χ2v) is 8.15. The quantitative estimate of drug-likeness (QED) is 0.819. The maximum Gasteiger partial charge on any atom is 0.255 e. The van der Waals surface area contributed by atoms with Gasteiger partial charge in [-0.3, -0.25) is 9.69 Å². The van der Waals surface area contributed by atoms with Crippen LogP contribution in [0.4, 0.5) is 5.82 Å². The zero-order valence-corrected chi connectivity index (χ0v) is 16.8. The summed E-state index contributed by atoms with van der Waals surface area (Å²) in [7, 11) is 0. The number of nitrogens with zero attached hydrogens (tertiary/aromatic N) is 4. The Labute approximate surface area is 168 Å². The van der Waals surface area contributed by atoms with Gasteiger partial charge in [0.05, 0.1) is 5.56 Å². The molecule has 0 spiro atoms. The van der Waals surface area contributed by atoms with Gasteiger partial charge in [-0.1, -0.05) is 37.3 Å². The van der Waals surface area contributed by atoms with Gasteiger partial charge in [0.2, 0.25) is 0 Å². The van der Waals surface area contributed by atoms with E-state index in [0.717, 1.165) is 58.1 Å². The standard InChI is InChI=1S/C23H30N4O/c1-19-6-5-11-27(17-19)23(28)21-9-10-22(24-16-21)26-14-12-25(13-15-26)18-20-7-3-2-4-8-20/h2-4,7-10,16,19H,5-6,11-15,17-18H2,1H3. The Morgan fingerprint density at radius 1 is 1.04 bits per heavy atom. The fourth-order valence-electron chi connectivity index (χ4n) is 4.23. The van der Waals surface area contributed by atoms with E-state index in [2.05, 4.69) is 52.0 Å². The molecule has 0 saturated carbocycles. The second kappa shape index (κ2) is 8.74. The molecule has 2 aromatic rings. The van der Waals surface area contributed by atoms with Crippen LogP contribution in [0.25, 0.3) is 0 Å². The summed E-state index contributed by atoms with van der Waals surface area (Å²) in [6, 6.07) is 14.6. The average molecular weight is 379 g/mol. The Hall–Kier alpha value is -2.40. The SMILES string of the molecule is CC1CCCN(C(=O)c2ccc(N3CCN(Cc4ccccc4)CC3)nc2)C1. The summed E-state index contributed by atoms with van der Waals surface area (Å²) in [5.74, 6) is 1.69. The molecule has 2 fully saturated rings. The molecule has 0 bridgehead atoms. The number of hydrogen-bond acceptors (Lipinski definition) is 4. The van der Waals surface area contributed by atoms with Crippen LogP contribution in [0, 0.1) is 5.92 Å². The number of carbonyl (C=O) groups is 1. The zero-order valence-electron chi connectivity index (χ0n) is 16.8. The molecule has 5 nitrogen and oxygen atoms in total. The molecule has 3 heterocycles. The first kappa shape index (κ1) is 18.9. The van der Waals surface area contributed by atoms with Gasteiger partial charge in [0.15, 0.2) is 0 Å². The van der Waals surface area contributed by atoms with Gasteiger partial charge in [-0.25, -0.2) is 4.98 Å². The number of pyridine rings is 1. The van der Waals surface area contributed by atoms with E-state index < -0.39 is 0 Å². The zero-order chi connectivity index (χ0) is 19.3. The molecule has 1 amide bonds. The van der Waals surface area contributed by atoms with Crippen molar-refractivity contribution in [2.75, 3.05) is 44.2 Å². The van der Waals surface area contributed by atoms with E-state index in [0.29, 0.717) is 11.5 Å². The van der Waals surface area contributed by atoms with E-state index in [1.165, 1.54) is 12.0 Å². The molecular formula is C23H30N4O. The van der Waals surface area contributed by atoms with Gasteiger partial charge in [0.25, 0.3) is 5.91 Å². The highest BCUT2D eigenvalue weighted by molar-refractivity contribution is 5.94. The number of rotatable bonds is 4. The van der Waals surface area contributed by atoms with E-state index in [4.69, 9.17) is 0 Å². The van der Waals surface area contributed by atoms with Crippen molar-refractivity contribution < 1.29 is 4.79 Å². The molecule has 1 unspecified atom stereocenters. The second-order valence-electron chi connectivity index (χ2n) is 8.15. The van der Waals surface area contributed by atoms with Crippen LogP contribution >= 0.6 is 0 Å². The topological polar surface area (TPSA) is 39.7 Å². The number of aromatic nitrogens is 1. The third kappa shape index (κ3) is 4.53. The van der Waals surface area contributed by atoms with Crippen molar-refractivity contribution in [1.82, 2.24) is 14.8 Å². The number of amides is 1. The van der Waals surface area contributed by atoms with E-state index >= 15 is 0 Å². The van der Waals surface area contributed by atoms with Gasteiger partial charge in [-0.05, 0) is 36.5 Å². The molecule has 2 saturated heterocycles. The molecule has 4 rings (SSSR count). The first-order chi connectivity index (χ1) is 13.7. The summed E-state index contributed by atoms with van der Waals surface area (Å²) < 4.78 is 0. The van der Waals surface area contributed by atoms with Crippen molar-refractivity contribution in [3.05, 3.63) is 59.8 Å². The molecule has 28 heavy (non-hydrogen) atoms. The minimum absolute atomic E-state index is 0.123. The first-order valence-corrected chi connectivity index (χ1v) is 10.5. The van der Waals surface area contributed by atoms with Gasteiger partial charge >= 0.3 is 0 Å². The average Bonchev–Trinajstić information content (AvgIpc) is 2.75.